The van der Waals surface area contributed by atoms with Gasteiger partial charge in [-0.2, -0.15) is 0 Å². The molecule has 0 spiro atoms. The molecular formula is C18H32N2O5. The summed E-state index contributed by atoms with van der Waals surface area (Å²) in [5, 5.41) is 0. The summed E-state index contributed by atoms with van der Waals surface area (Å²) in [6.07, 6.45) is 4.49. The number of rotatable bonds is 12. The highest BCUT2D eigenvalue weighted by molar-refractivity contribution is 5.78. The molecule has 2 aliphatic heterocycles. The Morgan fingerprint density at radius 3 is 1.60 bits per heavy atom. The maximum atomic E-state index is 11.6. The Kier molecular flexibility index (Phi) is 8.64. The van der Waals surface area contributed by atoms with Crippen molar-refractivity contribution in [3.63, 3.8) is 0 Å². The molecule has 0 aromatic rings. The van der Waals surface area contributed by atoms with Gasteiger partial charge >= 0.3 is 0 Å². The van der Waals surface area contributed by atoms with Gasteiger partial charge < -0.3 is 24.0 Å². The molecule has 25 heavy (non-hydrogen) atoms. The van der Waals surface area contributed by atoms with Crippen LogP contribution in [-0.4, -0.2) is 73.6 Å². The number of nitrogens with zero attached hydrogens (tertiary/aromatic N) is 2. The molecule has 0 N–H and O–H groups in total. The van der Waals surface area contributed by atoms with Crippen LogP contribution in [0.1, 0.15) is 52.4 Å². The van der Waals surface area contributed by atoms with Gasteiger partial charge in [0.15, 0.2) is 0 Å². The minimum absolute atomic E-state index is 0.141. The molecule has 7 heteroatoms. The van der Waals surface area contributed by atoms with Gasteiger partial charge in [0.05, 0.1) is 13.2 Å². The Hall–Kier alpha value is -1.18. The van der Waals surface area contributed by atoms with Crippen LogP contribution in [0, 0.1) is 0 Å². The van der Waals surface area contributed by atoms with Gasteiger partial charge in [0, 0.05) is 39.1 Å². The zero-order valence-electron chi connectivity index (χ0n) is 15.6. The minimum atomic E-state index is -0.141. The van der Waals surface area contributed by atoms with Gasteiger partial charge in [0.1, 0.15) is 12.5 Å². The maximum absolute atomic E-state index is 11.6. The predicted molar refractivity (Wildman–Crippen MR) is 92.8 cm³/mol. The largest absolute Gasteiger partial charge is 0.381 e. The lowest BCUT2D eigenvalue weighted by Crippen LogP contribution is -2.36. The van der Waals surface area contributed by atoms with E-state index in [4.69, 9.17) is 14.2 Å². The van der Waals surface area contributed by atoms with E-state index in [-0.39, 0.29) is 24.3 Å². The van der Waals surface area contributed by atoms with Gasteiger partial charge in [-0.1, -0.05) is 0 Å². The highest BCUT2D eigenvalue weighted by atomic mass is 16.5. The van der Waals surface area contributed by atoms with E-state index >= 15 is 0 Å². The van der Waals surface area contributed by atoms with E-state index in [9.17, 15) is 9.59 Å². The number of amides is 2. The molecule has 0 aromatic heterocycles. The molecular weight excluding hydrogens is 324 g/mol. The molecule has 2 amide bonds. The van der Waals surface area contributed by atoms with Crippen LogP contribution in [0.4, 0.5) is 0 Å². The number of hydrogen-bond acceptors (Lipinski definition) is 5. The first-order valence-corrected chi connectivity index (χ1v) is 9.49. The summed E-state index contributed by atoms with van der Waals surface area (Å²) in [5.74, 6) is 0.377. The fourth-order valence-corrected chi connectivity index (χ4v) is 3.22. The van der Waals surface area contributed by atoms with E-state index in [1.165, 1.54) is 0 Å². The molecule has 0 saturated carbocycles. The lowest BCUT2D eigenvalue weighted by Gasteiger charge is -2.24. The van der Waals surface area contributed by atoms with Crippen molar-refractivity contribution in [1.29, 1.82) is 0 Å². The third kappa shape index (κ3) is 6.56. The molecule has 0 bridgehead atoms. The number of ether oxygens (including phenoxy) is 3. The summed E-state index contributed by atoms with van der Waals surface area (Å²) in [6, 6.07) is 0. The number of carbonyl (C=O) groups is 2. The quantitative estimate of drug-likeness (QED) is 0.498. The smallest absolute Gasteiger partial charge is 0.224 e. The van der Waals surface area contributed by atoms with Crippen LogP contribution in [-0.2, 0) is 23.8 Å². The van der Waals surface area contributed by atoms with Crippen LogP contribution < -0.4 is 0 Å². The first kappa shape index (κ1) is 20.1. The predicted octanol–water partition coefficient (Wildman–Crippen LogP) is 1.75. The van der Waals surface area contributed by atoms with Crippen LogP contribution >= 0.6 is 0 Å². The Labute approximate surface area is 150 Å². The highest BCUT2D eigenvalue weighted by Crippen LogP contribution is 2.15. The highest BCUT2D eigenvalue weighted by Gasteiger charge is 2.26. The Bertz CT molecular complexity index is 394. The lowest BCUT2D eigenvalue weighted by atomic mass is 10.4. The Balaban J connectivity index is 1.39. The molecule has 2 unspecified atom stereocenters. The van der Waals surface area contributed by atoms with E-state index < -0.39 is 0 Å². The molecule has 2 saturated heterocycles. The second kappa shape index (κ2) is 10.7. The number of carbonyl (C=O) groups excluding carboxylic acids is 2. The SMILES string of the molecule is CC(OCCCOCCCOC(C)N1CCCC1=O)N1CCCC1=O. The van der Waals surface area contributed by atoms with Crippen molar-refractivity contribution in [1.82, 2.24) is 9.80 Å². The van der Waals surface area contributed by atoms with Gasteiger partial charge in [0.2, 0.25) is 11.8 Å². The number of likely N-dealkylation sites (tertiary alicyclic amines) is 2. The van der Waals surface area contributed by atoms with Crippen molar-refractivity contribution < 1.29 is 23.8 Å². The average molecular weight is 356 g/mol. The molecule has 0 aromatic carbocycles. The first-order chi connectivity index (χ1) is 12.1. The van der Waals surface area contributed by atoms with E-state index in [0.29, 0.717) is 39.3 Å². The number of hydrogen-bond donors (Lipinski definition) is 0. The fraction of sp³-hybridized carbons (Fsp3) is 0.889. The van der Waals surface area contributed by atoms with Gasteiger partial charge in [-0.15, -0.1) is 0 Å². The summed E-state index contributed by atoms with van der Waals surface area (Å²) in [4.78, 5) is 26.8. The summed E-state index contributed by atoms with van der Waals surface area (Å²) in [6.45, 7) is 7.92. The third-order valence-corrected chi connectivity index (χ3v) is 4.68. The van der Waals surface area contributed by atoms with Crippen LogP contribution in [0.15, 0.2) is 0 Å². The van der Waals surface area contributed by atoms with Crippen molar-refractivity contribution >= 4 is 11.8 Å². The van der Waals surface area contributed by atoms with Crippen molar-refractivity contribution in [2.45, 2.75) is 64.8 Å². The monoisotopic (exact) mass is 356 g/mol. The van der Waals surface area contributed by atoms with Crippen LogP contribution in [0.2, 0.25) is 0 Å². The fourth-order valence-electron chi connectivity index (χ4n) is 3.22. The Morgan fingerprint density at radius 1 is 0.800 bits per heavy atom. The normalized spacial score (nSPS) is 20.6. The van der Waals surface area contributed by atoms with Crippen LogP contribution in [0.5, 0.6) is 0 Å². The average Bonchev–Trinajstić information content (AvgIpc) is 3.21. The third-order valence-electron chi connectivity index (χ3n) is 4.68. The zero-order chi connectivity index (χ0) is 18.1. The second-order valence-corrected chi connectivity index (χ2v) is 6.64. The van der Waals surface area contributed by atoms with E-state index in [0.717, 1.165) is 38.8 Å². The summed E-state index contributed by atoms with van der Waals surface area (Å²) in [7, 11) is 0. The van der Waals surface area contributed by atoms with E-state index in [1.807, 2.05) is 13.8 Å². The summed E-state index contributed by atoms with van der Waals surface area (Å²) < 4.78 is 16.9. The molecule has 2 heterocycles. The Morgan fingerprint density at radius 2 is 1.24 bits per heavy atom. The topological polar surface area (TPSA) is 68.3 Å². The van der Waals surface area contributed by atoms with Crippen molar-refractivity contribution in [2.24, 2.45) is 0 Å². The lowest BCUT2D eigenvalue weighted by molar-refractivity contribution is -0.140. The van der Waals surface area contributed by atoms with Gasteiger partial charge in [-0.05, 0) is 39.5 Å². The molecule has 0 radical (unpaired) electrons. The zero-order valence-corrected chi connectivity index (χ0v) is 15.6. The van der Waals surface area contributed by atoms with Crippen LogP contribution in [0.25, 0.3) is 0 Å². The first-order valence-electron chi connectivity index (χ1n) is 9.49. The van der Waals surface area contributed by atoms with Crippen molar-refractivity contribution in [2.75, 3.05) is 39.5 Å². The molecule has 2 rings (SSSR count). The van der Waals surface area contributed by atoms with Crippen molar-refractivity contribution in [3.8, 4) is 0 Å². The molecule has 2 aliphatic rings. The second-order valence-electron chi connectivity index (χ2n) is 6.64. The van der Waals surface area contributed by atoms with Gasteiger partial charge in [-0.25, -0.2) is 0 Å². The molecule has 2 fully saturated rings. The molecule has 7 nitrogen and oxygen atoms in total. The van der Waals surface area contributed by atoms with Crippen molar-refractivity contribution in [3.05, 3.63) is 0 Å². The van der Waals surface area contributed by atoms with E-state index in [2.05, 4.69) is 0 Å². The molecule has 0 aliphatic carbocycles. The minimum Gasteiger partial charge on any atom is -0.381 e. The molecule has 2 atom stereocenters. The van der Waals surface area contributed by atoms with Gasteiger partial charge in [0.25, 0.3) is 0 Å². The van der Waals surface area contributed by atoms with Crippen LogP contribution in [0.3, 0.4) is 0 Å². The molecule has 144 valence electrons. The maximum Gasteiger partial charge on any atom is 0.224 e. The standard InChI is InChI=1S/C18H32N2O5/c1-15(19-9-3-7-17(19)21)24-13-5-11-23-12-6-14-25-16(2)20-10-4-8-18(20)22/h15-16H,3-14H2,1-2H3. The summed E-state index contributed by atoms with van der Waals surface area (Å²) in [5.41, 5.74) is 0. The van der Waals surface area contributed by atoms with Gasteiger partial charge in [-0.3, -0.25) is 9.59 Å². The van der Waals surface area contributed by atoms with E-state index in [1.54, 1.807) is 9.80 Å². The summed E-state index contributed by atoms with van der Waals surface area (Å²) >= 11 is 0.